The molecule has 0 aromatic heterocycles. The lowest BCUT2D eigenvalue weighted by atomic mass is 9.81. The second-order valence-corrected chi connectivity index (χ2v) is 6.76. The Hall–Kier alpha value is -1.31. The Morgan fingerprint density at radius 1 is 1.17 bits per heavy atom. The number of aryl methyl sites for hydroxylation is 1. The van der Waals surface area contributed by atoms with Crippen LogP contribution in [0.4, 0.5) is 0 Å². The Bertz CT molecular complexity index is 451. The zero-order valence-electron chi connectivity index (χ0n) is 12.3. The summed E-state index contributed by atoms with van der Waals surface area (Å²) in [7, 11) is 0. The van der Waals surface area contributed by atoms with Gasteiger partial charge in [-0.05, 0) is 49.3 Å². The van der Waals surface area contributed by atoms with Gasteiger partial charge in [-0.2, -0.15) is 0 Å². The Morgan fingerprint density at radius 3 is 2.11 bits per heavy atom. The van der Waals surface area contributed by atoms with Crippen molar-refractivity contribution >= 4 is 5.97 Å². The molecule has 0 spiro atoms. The molecule has 0 saturated heterocycles. The van der Waals surface area contributed by atoms with E-state index in [0.717, 1.165) is 5.56 Å². The van der Waals surface area contributed by atoms with Crippen molar-refractivity contribution in [3.05, 3.63) is 34.9 Å². The molecule has 0 aliphatic heterocycles. The molecule has 1 aromatic carbocycles. The number of carboxylic acids is 1. The zero-order valence-corrected chi connectivity index (χ0v) is 12.3. The fraction of sp³-hybridized carbons (Fsp3) is 0.562. The lowest BCUT2D eigenvalue weighted by Crippen LogP contribution is -2.26. The molecule has 1 N–H and O–H groups in total. The maximum atomic E-state index is 11.2. The monoisotopic (exact) mass is 248 g/mol. The van der Waals surface area contributed by atoms with Gasteiger partial charge in [0.2, 0.25) is 0 Å². The number of hydrogen-bond donors (Lipinski definition) is 1. The molecule has 0 unspecified atom stereocenters. The fourth-order valence-corrected chi connectivity index (χ4v) is 1.91. The molecule has 1 aromatic rings. The first-order valence-corrected chi connectivity index (χ1v) is 6.37. The summed E-state index contributed by atoms with van der Waals surface area (Å²) in [5.74, 6) is -0.748. The van der Waals surface area contributed by atoms with Crippen LogP contribution >= 0.6 is 0 Å². The first-order valence-electron chi connectivity index (χ1n) is 6.37. The first-order chi connectivity index (χ1) is 8.04. The van der Waals surface area contributed by atoms with Crippen LogP contribution in [0.3, 0.4) is 0 Å². The molecule has 2 heteroatoms. The van der Waals surface area contributed by atoms with Gasteiger partial charge < -0.3 is 5.11 Å². The number of aliphatic carboxylic acids is 1. The molecular formula is C16H24O2. The molecule has 0 heterocycles. The van der Waals surface area contributed by atoms with Crippen LogP contribution in [0.2, 0.25) is 0 Å². The quantitative estimate of drug-likeness (QED) is 0.879. The topological polar surface area (TPSA) is 37.3 Å². The van der Waals surface area contributed by atoms with E-state index in [9.17, 15) is 9.90 Å². The van der Waals surface area contributed by atoms with E-state index in [-0.39, 0.29) is 5.41 Å². The van der Waals surface area contributed by atoms with Gasteiger partial charge in [0.15, 0.2) is 0 Å². The van der Waals surface area contributed by atoms with E-state index in [1.54, 1.807) is 13.8 Å². The van der Waals surface area contributed by atoms with Crippen molar-refractivity contribution in [1.82, 2.24) is 0 Å². The summed E-state index contributed by atoms with van der Waals surface area (Å²) in [5, 5.41) is 9.18. The van der Waals surface area contributed by atoms with Crippen molar-refractivity contribution in [3.63, 3.8) is 0 Å². The minimum absolute atomic E-state index is 0.131. The summed E-state index contributed by atoms with van der Waals surface area (Å²) in [4.78, 5) is 11.2. The van der Waals surface area contributed by atoms with Gasteiger partial charge in [0.1, 0.15) is 0 Å². The molecular weight excluding hydrogens is 224 g/mol. The highest BCUT2D eigenvalue weighted by molar-refractivity contribution is 5.74. The smallest absolute Gasteiger partial charge is 0.309 e. The van der Waals surface area contributed by atoms with E-state index in [2.05, 4.69) is 45.9 Å². The minimum atomic E-state index is -0.748. The zero-order chi connectivity index (χ0) is 14.1. The number of hydrogen-bond acceptors (Lipinski definition) is 1. The van der Waals surface area contributed by atoms with E-state index >= 15 is 0 Å². The summed E-state index contributed by atoms with van der Waals surface area (Å²) in [6, 6.07) is 6.36. The highest BCUT2D eigenvalue weighted by Gasteiger charge is 2.28. The van der Waals surface area contributed by atoms with Crippen molar-refractivity contribution in [2.24, 2.45) is 5.41 Å². The third-order valence-corrected chi connectivity index (χ3v) is 3.42. The predicted octanol–water partition coefficient (Wildman–Crippen LogP) is 3.95. The lowest BCUT2D eigenvalue weighted by molar-refractivity contribution is -0.146. The van der Waals surface area contributed by atoms with Gasteiger partial charge in [0.05, 0.1) is 5.41 Å². The van der Waals surface area contributed by atoms with Crippen LogP contribution in [0.5, 0.6) is 0 Å². The van der Waals surface area contributed by atoms with E-state index in [0.29, 0.717) is 6.42 Å². The summed E-state index contributed by atoms with van der Waals surface area (Å²) >= 11 is 0. The average Bonchev–Trinajstić information content (AvgIpc) is 2.19. The van der Waals surface area contributed by atoms with Crippen LogP contribution in [-0.2, 0) is 16.6 Å². The maximum absolute atomic E-state index is 11.2. The molecule has 1 rings (SSSR count). The van der Waals surface area contributed by atoms with Crippen LogP contribution in [-0.4, -0.2) is 11.1 Å². The number of carboxylic acid groups (broad SMARTS) is 1. The summed E-state index contributed by atoms with van der Waals surface area (Å²) < 4.78 is 0. The molecule has 0 aliphatic carbocycles. The Kier molecular flexibility index (Phi) is 3.89. The molecule has 0 saturated carbocycles. The SMILES string of the molecule is Cc1cc(C(C)(C)C)ccc1CC(C)(C)C(=O)O. The van der Waals surface area contributed by atoms with Crippen molar-refractivity contribution in [2.75, 3.05) is 0 Å². The van der Waals surface area contributed by atoms with Gasteiger partial charge in [-0.15, -0.1) is 0 Å². The summed E-state index contributed by atoms with van der Waals surface area (Å²) in [6.45, 7) is 12.1. The molecule has 0 bridgehead atoms. The van der Waals surface area contributed by atoms with Crippen LogP contribution in [0.15, 0.2) is 18.2 Å². The van der Waals surface area contributed by atoms with Gasteiger partial charge in [0.25, 0.3) is 0 Å². The van der Waals surface area contributed by atoms with Crippen LogP contribution in [0.25, 0.3) is 0 Å². The lowest BCUT2D eigenvalue weighted by Gasteiger charge is -2.23. The van der Waals surface area contributed by atoms with Gasteiger partial charge in [0, 0.05) is 0 Å². The van der Waals surface area contributed by atoms with Crippen molar-refractivity contribution in [2.45, 2.75) is 53.4 Å². The second kappa shape index (κ2) is 4.75. The minimum Gasteiger partial charge on any atom is -0.481 e. The third-order valence-electron chi connectivity index (χ3n) is 3.42. The first kappa shape index (κ1) is 14.7. The van der Waals surface area contributed by atoms with Crippen molar-refractivity contribution in [3.8, 4) is 0 Å². The molecule has 0 atom stereocenters. The fourth-order valence-electron chi connectivity index (χ4n) is 1.91. The summed E-state index contributed by atoms with van der Waals surface area (Å²) in [5.41, 5.74) is 3.00. The Labute approximate surface area is 110 Å². The standard InChI is InChI=1S/C16H24O2/c1-11-9-13(15(2,3)4)8-7-12(11)10-16(5,6)14(17)18/h7-9H,10H2,1-6H3,(H,17,18). The molecule has 2 nitrogen and oxygen atoms in total. The summed E-state index contributed by atoms with van der Waals surface area (Å²) in [6.07, 6.45) is 0.568. The Balaban J connectivity index is 3.04. The average molecular weight is 248 g/mol. The third kappa shape index (κ3) is 3.34. The molecule has 18 heavy (non-hydrogen) atoms. The van der Waals surface area contributed by atoms with Gasteiger partial charge >= 0.3 is 5.97 Å². The van der Waals surface area contributed by atoms with Crippen LogP contribution < -0.4 is 0 Å². The predicted molar refractivity (Wildman–Crippen MR) is 75.0 cm³/mol. The van der Waals surface area contributed by atoms with Crippen molar-refractivity contribution < 1.29 is 9.90 Å². The van der Waals surface area contributed by atoms with E-state index in [1.807, 2.05) is 0 Å². The van der Waals surface area contributed by atoms with Gasteiger partial charge in [-0.3, -0.25) is 4.79 Å². The highest BCUT2D eigenvalue weighted by atomic mass is 16.4. The number of carbonyl (C=O) groups is 1. The molecule has 100 valence electrons. The Morgan fingerprint density at radius 2 is 1.72 bits per heavy atom. The molecule has 0 radical (unpaired) electrons. The second-order valence-electron chi connectivity index (χ2n) is 6.76. The molecule has 0 aliphatic rings. The molecule has 0 amide bonds. The largest absolute Gasteiger partial charge is 0.481 e. The van der Waals surface area contributed by atoms with Crippen LogP contribution in [0, 0.1) is 12.3 Å². The van der Waals surface area contributed by atoms with E-state index < -0.39 is 11.4 Å². The van der Waals surface area contributed by atoms with Gasteiger partial charge in [-0.25, -0.2) is 0 Å². The van der Waals surface area contributed by atoms with E-state index in [4.69, 9.17) is 0 Å². The maximum Gasteiger partial charge on any atom is 0.309 e. The normalized spacial score (nSPS) is 12.6. The number of rotatable bonds is 3. The molecule has 0 fully saturated rings. The highest BCUT2D eigenvalue weighted by Crippen LogP contribution is 2.28. The van der Waals surface area contributed by atoms with Crippen molar-refractivity contribution in [1.29, 1.82) is 0 Å². The van der Waals surface area contributed by atoms with Gasteiger partial charge in [-0.1, -0.05) is 39.0 Å². The number of benzene rings is 1. The van der Waals surface area contributed by atoms with E-state index in [1.165, 1.54) is 11.1 Å². The van der Waals surface area contributed by atoms with Crippen LogP contribution in [0.1, 0.15) is 51.3 Å².